The van der Waals surface area contributed by atoms with E-state index in [1.807, 2.05) is 41.7 Å². The van der Waals surface area contributed by atoms with Crippen molar-refractivity contribution >= 4 is 17.5 Å². The van der Waals surface area contributed by atoms with Crippen LogP contribution in [0.2, 0.25) is 0 Å². The molecule has 0 saturated heterocycles. The number of alkyl halides is 2. The van der Waals surface area contributed by atoms with Crippen LogP contribution in [0.15, 0.2) is 23.8 Å². The Morgan fingerprint density at radius 2 is 1.74 bits per heavy atom. The number of ketones is 2. The highest BCUT2D eigenvalue weighted by Crippen LogP contribution is 2.72. The van der Waals surface area contributed by atoms with E-state index in [-0.39, 0.29) is 47.9 Å². The molecule has 4 rings (SSSR count). The van der Waals surface area contributed by atoms with Gasteiger partial charge in [0.1, 0.15) is 6.17 Å². The molecule has 0 spiro atoms. The molecule has 0 aromatic rings. The van der Waals surface area contributed by atoms with Crippen molar-refractivity contribution in [3.63, 3.8) is 0 Å². The number of aliphatic hydroxyl groups is 1. The van der Waals surface area contributed by atoms with Crippen LogP contribution in [0.25, 0.3) is 0 Å². The Kier molecular flexibility index (Phi) is 11.8. The van der Waals surface area contributed by atoms with Crippen molar-refractivity contribution < 1.29 is 33.0 Å². The summed E-state index contributed by atoms with van der Waals surface area (Å²) in [5, 5.41) is 11.7. The van der Waals surface area contributed by atoms with E-state index in [1.165, 1.54) is 25.2 Å². The molecule has 43 heavy (non-hydrogen) atoms. The van der Waals surface area contributed by atoms with E-state index in [0.29, 0.717) is 19.4 Å². The molecule has 4 aliphatic rings. The lowest BCUT2D eigenvalue weighted by Crippen LogP contribution is -2.70. The quantitative estimate of drug-likeness (QED) is 0.318. The number of carbonyl (C=O) groups excluding carboxylic acids is 3. The van der Waals surface area contributed by atoms with Gasteiger partial charge in [0, 0.05) is 24.8 Å². The van der Waals surface area contributed by atoms with E-state index in [2.05, 4.69) is 25.7 Å². The van der Waals surface area contributed by atoms with Crippen molar-refractivity contribution in [1.82, 2.24) is 4.90 Å². The first kappa shape index (κ1) is 37.3. The maximum absolute atomic E-state index is 17.5. The molecule has 0 aliphatic heterocycles. The summed E-state index contributed by atoms with van der Waals surface area (Å²) in [4.78, 5) is 39.8. The van der Waals surface area contributed by atoms with Crippen LogP contribution in [-0.4, -0.2) is 72.2 Å². The van der Waals surface area contributed by atoms with Crippen LogP contribution in [0, 0.1) is 33.5 Å². The standard InChI is InChI=1S/C31H45F2NO5.2C2H6/c1-19(35)39-17-26(38)30(18-34(7)13-12-27(2,3)4)11-9-21-22-15-24(32)23-14-20(36)8-10-28(23,5)31(22,33)25(37)16-29(21,30)6;2*1-2/h8,10,14,21-22,24-25,37H,9,11-13,15-18H2,1-7H3;2*1-2H3/t21?,22-,24-,25-,28-,29-,30-,31-;;/m0../s1. The summed E-state index contributed by atoms with van der Waals surface area (Å²) in [6, 6.07) is 0. The van der Waals surface area contributed by atoms with Gasteiger partial charge in [-0.1, -0.05) is 61.5 Å². The number of ether oxygens (including phenoxy) is 1. The lowest BCUT2D eigenvalue weighted by molar-refractivity contribution is -0.213. The zero-order valence-electron chi connectivity index (χ0n) is 28.5. The predicted octanol–water partition coefficient (Wildman–Crippen LogP) is 6.84. The lowest BCUT2D eigenvalue weighted by Gasteiger charge is -2.63. The molecular formula is C35H57F2NO5. The van der Waals surface area contributed by atoms with Crippen LogP contribution in [-0.2, 0) is 19.1 Å². The number of allylic oxidation sites excluding steroid dienone is 4. The van der Waals surface area contributed by atoms with E-state index in [9.17, 15) is 19.5 Å². The van der Waals surface area contributed by atoms with Crippen molar-refractivity contribution in [2.45, 2.75) is 119 Å². The molecule has 3 saturated carbocycles. The SMILES string of the molecule is CC.CC.CC(=O)OCC(=O)[C@@]1(CN(C)CCC(C)(C)C)CCC2[C@@H]3C[C@H](F)C4=CC(=O)C=C[C@]4(C)[C@@]3(F)[C@@H](O)C[C@@]21C. The lowest BCUT2D eigenvalue weighted by atomic mass is 9.43. The summed E-state index contributed by atoms with van der Waals surface area (Å²) < 4.78 is 38.4. The number of nitrogens with zero attached hydrogens (tertiary/aromatic N) is 1. The van der Waals surface area contributed by atoms with Gasteiger partial charge in [0.25, 0.3) is 0 Å². The zero-order chi connectivity index (χ0) is 33.2. The molecule has 3 fully saturated rings. The number of fused-ring (bicyclic) bond motifs is 5. The van der Waals surface area contributed by atoms with E-state index in [1.54, 1.807) is 6.92 Å². The van der Waals surface area contributed by atoms with Crippen molar-refractivity contribution in [1.29, 1.82) is 0 Å². The summed E-state index contributed by atoms with van der Waals surface area (Å²) in [7, 11) is 1.96. The number of Topliss-reactive ketones (excluding diaryl/α,β-unsaturated/α-hetero) is 1. The maximum atomic E-state index is 17.5. The van der Waals surface area contributed by atoms with Gasteiger partial charge in [-0.15, -0.1) is 0 Å². The molecule has 1 unspecified atom stereocenters. The van der Waals surface area contributed by atoms with Gasteiger partial charge in [0.2, 0.25) is 0 Å². The van der Waals surface area contributed by atoms with E-state index in [0.717, 1.165) is 13.0 Å². The predicted molar refractivity (Wildman–Crippen MR) is 167 cm³/mol. The molecule has 4 aliphatic carbocycles. The number of esters is 1. The minimum Gasteiger partial charge on any atom is -0.458 e. The van der Waals surface area contributed by atoms with Crippen LogP contribution in [0.5, 0.6) is 0 Å². The van der Waals surface area contributed by atoms with Gasteiger partial charge in [-0.3, -0.25) is 14.4 Å². The molecule has 6 nitrogen and oxygen atoms in total. The van der Waals surface area contributed by atoms with Crippen LogP contribution in [0.3, 0.4) is 0 Å². The Hall–Kier alpha value is -1.93. The summed E-state index contributed by atoms with van der Waals surface area (Å²) in [6.07, 6.45) is 2.62. The average molecular weight is 610 g/mol. The van der Waals surface area contributed by atoms with Crippen LogP contribution in [0.4, 0.5) is 8.78 Å². The summed E-state index contributed by atoms with van der Waals surface area (Å²) in [5.41, 5.74) is -5.30. The molecule has 0 heterocycles. The fraction of sp³-hybridized carbons (Fsp3) is 0.800. The molecule has 0 radical (unpaired) electrons. The van der Waals surface area contributed by atoms with Gasteiger partial charge in [-0.2, -0.15) is 0 Å². The molecule has 1 N–H and O–H groups in total. The molecule has 0 bridgehead atoms. The summed E-state index contributed by atoms with van der Waals surface area (Å²) >= 11 is 0. The third kappa shape index (κ3) is 6.43. The monoisotopic (exact) mass is 609 g/mol. The largest absolute Gasteiger partial charge is 0.458 e. The first-order chi connectivity index (χ1) is 19.9. The second-order valence-electron chi connectivity index (χ2n) is 14.2. The van der Waals surface area contributed by atoms with Crippen molar-refractivity contribution in [3.05, 3.63) is 23.8 Å². The number of halogens is 2. The van der Waals surface area contributed by atoms with E-state index >= 15 is 8.78 Å². The molecule has 0 aromatic carbocycles. The van der Waals surface area contributed by atoms with Gasteiger partial charge >= 0.3 is 5.97 Å². The second-order valence-corrected chi connectivity index (χ2v) is 14.2. The highest BCUT2D eigenvalue weighted by Gasteiger charge is 2.75. The van der Waals surface area contributed by atoms with Crippen LogP contribution >= 0.6 is 0 Å². The number of hydrogen-bond acceptors (Lipinski definition) is 6. The summed E-state index contributed by atoms with van der Waals surface area (Å²) in [6.45, 7) is 20.0. The van der Waals surface area contributed by atoms with Crippen molar-refractivity contribution in [2.24, 2.45) is 33.5 Å². The molecular weight excluding hydrogens is 552 g/mol. The number of carbonyl (C=O) groups is 3. The number of aliphatic hydroxyl groups excluding tert-OH is 1. The number of rotatable bonds is 7. The second kappa shape index (κ2) is 13.6. The van der Waals surface area contributed by atoms with E-state index < -0.39 is 46.1 Å². The minimum atomic E-state index is -2.18. The van der Waals surface area contributed by atoms with Crippen LogP contribution in [0.1, 0.15) is 101 Å². The Morgan fingerprint density at radius 1 is 1.14 bits per heavy atom. The Balaban J connectivity index is 0.00000155. The maximum Gasteiger partial charge on any atom is 0.303 e. The van der Waals surface area contributed by atoms with Gasteiger partial charge in [-0.05, 0) is 87.1 Å². The first-order valence-corrected chi connectivity index (χ1v) is 16.2. The third-order valence-electron chi connectivity index (χ3n) is 10.7. The highest BCUT2D eigenvalue weighted by atomic mass is 19.1. The first-order valence-electron chi connectivity index (χ1n) is 16.2. The summed E-state index contributed by atoms with van der Waals surface area (Å²) in [5.74, 6) is -2.37. The molecule has 246 valence electrons. The fourth-order valence-electron chi connectivity index (χ4n) is 8.50. The Labute approximate surface area is 258 Å². The van der Waals surface area contributed by atoms with Gasteiger partial charge in [-0.25, -0.2) is 8.78 Å². The van der Waals surface area contributed by atoms with Gasteiger partial charge < -0.3 is 14.7 Å². The third-order valence-corrected chi connectivity index (χ3v) is 10.7. The normalized spacial score (nSPS) is 37.9. The Bertz CT molecular complexity index is 1100. The average Bonchev–Trinajstić information content (AvgIpc) is 3.23. The minimum absolute atomic E-state index is 0.0190. The Morgan fingerprint density at radius 3 is 2.30 bits per heavy atom. The fourth-order valence-corrected chi connectivity index (χ4v) is 8.50. The van der Waals surface area contributed by atoms with Gasteiger partial charge in [0.05, 0.1) is 11.5 Å². The smallest absolute Gasteiger partial charge is 0.303 e. The molecule has 8 heteroatoms. The topological polar surface area (TPSA) is 83.9 Å². The van der Waals surface area contributed by atoms with Gasteiger partial charge in [0.15, 0.2) is 23.8 Å². The molecule has 0 aromatic heterocycles. The number of hydrogen-bond donors (Lipinski definition) is 1. The zero-order valence-corrected chi connectivity index (χ0v) is 28.5. The van der Waals surface area contributed by atoms with E-state index in [4.69, 9.17) is 4.74 Å². The highest BCUT2D eigenvalue weighted by molar-refractivity contribution is 6.01. The van der Waals surface area contributed by atoms with Crippen molar-refractivity contribution in [3.8, 4) is 0 Å². The molecule has 8 atom stereocenters. The molecule has 0 amide bonds. The van der Waals surface area contributed by atoms with Crippen molar-refractivity contribution in [2.75, 3.05) is 26.7 Å². The van der Waals surface area contributed by atoms with Crippen LogP contribution < -0.4 is 0 Å².